The second-order valence-corrected chi connectivity index (χ2v) is 7.84. The molecule has 3 rings (SSSR count). The lowest BCUT2D eigenvalue weighted by molar-refractivity contribution is -0.142. The van der Waals surface area contributed by atoms with Gasteiger partial charge in [-0.3, -0.25) is 24.4 Å². The predicted octanol–water partition coefficient (Wildman–Crippen LogP) is 1.63. The van der Waals surface area contributed by atoms with Crippen molar-refractivity contribution in [3.8, 4) is 0 Å². The third kappa shape index (κ3) is 6.14. The van der Waals surface area contributed by atoms with Gasteiger partial charge in [-0.15, -0.1) is 0 Å². The lowest BCUT2D eigenvalue weighted by atomic mass is 10.1. The van der Waals surface area contributed by atoms with Gasteiger partial charge in [0.2, 0.25) is 5.91 Å². The highest BCUT2D eigenvalue weighted by atomic mass is 16.7. The molecule has 1 fully saturated rings. The molecular formula is C22H30N6O3. The minimum Gasteiger partial charge on any atom is -0.365 e. The number of hydroxylamine groups is 2. The van der Waals surface area contributed by atoms with Crippen molar-refractivity contribution in [2.45, 2.75) is 46.2 Å². The molecule has 0 saturated carbocycles. The Morgan fingerprint density at radius 3 is 2.68 bits per heavy atom. The largest absolute Gasteiger partial charge is 0.365 e. The van der Waals surface area contributed by atoms with Gasteiger partial charge in [0.25, 0.3) is 5.56 Å². The number of amides is 1. The summed E-state index contributed by atoms with van der Waals surface area (Å²) in [5.41, 5.74) is 2.69. The first-order valence-electron chi connectivity index (χ1n) is 10.4. The van der Waals surface area contributed by atoms with Crippen LogP contribution in [0.4, 0.5) is 5.82 Å². The quantitative estimate of drug-likeness (QED) is 0.458. The molecular weight excluding hydrogens is 396 g/mol. The van der Waals surface area contributed by atoms with E-state index in [2.05, 4.69) is 39.9 Å². The summed E-state index contributed by atoms with van der Waals surface area (Å²) in [6, 6.07) is 8.12. The number of benzene rings is 1. The van der Waals surface area contributed by atoms with Crippen molar-refractivity contribution in [3.63, 3.8) is 0 Å². The molecule has 9 nitrogen and oxygen atoms in total. The van der Waals surface area contributed by atoms with Crippen LogP contribution in [-0.4, -0.2) is 52.1 Å². The van der Waals surface area contributed by atoms with Crippen LogP contribution in [0.15, 0.2) is 35.3 Å². The van der Waals surface area contributed by atoms with E-state index in [9.17, 15) is 9.59 Å². The highest BCUT2D eigenvalue weighted by Crippen LogP contribution is 2.08. The fourth-order valence-corrected chi connectivity index (χ4v) is 3.36. The first-order chi connectivity index (χ1) is 14.8. The first-order valence-corrected chi connectivity index (χ1v) is 10.4. The normalized spacial score (nSPS) is 16.1. The van der Waals surface area contributed by atoms with Crippen LogP contribution in [0.1, 0.15) is 30.2 Å². The van der Waals surface area contributed by atoms with Crippen molar-refractivity contribution < 1.29 is 9.63 Å². The van der Waals surface area contributed by atoms with Crippen molar-refractivity contribution in [1.29, 1.82) is 5.41 Å². The van der Waals surface area contributed by atoms with Crippen molar-refractivity contribution in [3.05, 3.63) is 57.6 Å². The number of aromatic nitrogens is 2. The Morgan fingerprint density at radius 2 is 2.03 bits per heavy atom. The van der Waals surface area contributed by atoms with Gasteiger partial charge in [0, 0.05) is 25.0 Å². The van der Waals surface area contributed by atoms with Crippen LogP contribution in [0, 0.1) is 19.3 Å². The van der Waals surface area contributed by atoms with E-state index in [4.69, 9.17) is 10.2 Å². The Hall–Kier alpha value is -3.20. The molecule has 1 atom stereocenters. The zero-order valence-corrected chi connectivity index (χ0v) is 18.3. The number of rotatable bonds is 7. The fraction of sp³-hybridized carbons (Fsp3) is 0.455. The number of nitrogens with one attached hydrogen (secondary N) is 3. The van der Waals surface area contributed by atoms with Gasteiger partial charge in [-0.1, -0.05) is 29.8 Å². The van der Waals surface area contributed by atoms with Gasteiger partial charge < -0.3 is 10.6 Å². The fourth-order valence-electron chi connectivity index (χ4n) is 3.36. The molecule has 0 spiro atoms. The Balaban J connectivity index is 1.56. The van der Waals surface area contributed by atoms with Gasteiger partial charge in [-0.2, -0.15) is 0 Å². The van der Waals surface area contributed by atoms with Gasteiger partial charge in [0.05, 0.1) is 12.6 Å². The molecule has 1 amide bonds. The monoisotopic (exact) mass is 426 g/mol. The lowest BCUT2D eigenvalue weighted by Crippen LogP contribution is -2.49. The van der Waals surface area contributed by atoms with Crippen LogP contribution in [0.2, 0.25) is 0 Å². The van der Waals surface area contributed by atoms with Crippen LogP contribution in [-0.2, 0) is 22.6 Å². The SMILES string of the molecule is CC(=N)N1CCC(NC(=O)Cn2c(C)cnc(NCCc3ccc(C)cc3)c2=O)CO1. The Labute approximate surface area is 181 Å². The van der Waals surface area contributed by atoms with E-state index < -0.39 is 0 Å². The second-order valence-electron chi connectivity index (χ2n) is 7.84. The summed E-state index contributed by atoms with van der Waals surface area (Å²) < 4.78 is 1.42. The van der Waals surface area contributed by atoms with Crippen LogP contribution < -0.4 is 16.2 Å². The number of carbonyl (C=O) groups excluding carboxylic acids is 1. The summed E-state index contributed by atoms with van der Waals surface area (Å²) in [4.78, 5) is 35.0. The number of nitrogens with zero attached hydrogens (tertiary/aromatic N) is 3. The molecule has 1 aromatic heterocycles. The number of amidine groups is 1. The van der Waals surface area contributed by atoms with Gasteiger partial charge in [-0.05, 0) is 39.2 Å². The lowest BCUT2D eigenvalue weighted by Gasteiger charge is -2.32. The van der Waals surface area contributed by atoms with E-state index in [1.165, 1.54) is 20.8 Å². The van der Waals surface area contributed by atoms with Crippen molar-refractivity contribution in [2.24, 2.45) is 0 Å². The van der Waals surface area contributed by atoms with Gasteiger partial charge >= 0.3 is 0 Å². The van der Waals surface area contributed by atoms with E-state index >= 15 is 0 Å². The first kappa shape index (κ1) is 22.5. The second kappa shape index (κ2) is 10.2. The van der Waals surface area contributed by atoms with E-state index in [0.29, 0.717) is 37.6 Å². The topological polar surface area (TPSA) is 112 Å². The van der Waals surface area contributed by atoms with Crippen LogP contribution in [0.3, 0.4) is 0 Å². The summed E-state index contributed by atoms with van der Waals surface area (Å²) in [5, 5.41) is 15.1. The maximum absolute atomic E-state index is 12.8. The molecule has 1 aromatic carbocycles. The smallest absolute Gasteiger partial charge is 0.293 e. The van der Waals surface area contributed by atoms with Crippen LogP contribution >= 0.6 is 0 Å². The standard InChI is InChI=1S/C22H30N6O3/c1-15-4-6-18(7-5-15)8-10-24-21-22(30)27(16(2)12-25-21)13-20(29)26-19-9-11-28(17(3)23)31-14-19/h4-7,12,19,23H,8-11,13-14H2,1-3H3,(H,24,25)(H,26,29). The molecule has 3 N–H and O–H groups in total. The summed E-state index contributed by atoms with van der Waals surface area (Å²) in [6.07, 6.45) is 3.04. The number of carbonyl (C=O) groups is 1. The van der Waals surface area contributed by atoms with Crippen LogP contribution in [0.5, 0.6) is 0 Å². The van der Waals surface area contributed by atoms with Crippen LogP contribution in [0.25, 0.3) is 0 Å². The maximum atomic E-state index is 12.8. The highest BCUT2D eigenvalue weighted by Gasteiger charge is 2.22. The number of anilines is 1. The van der Waals surface area contributed by atoms with E-state index in [0.717, 1.165) is 6.42 Å². The third-order valence-corrected chi connectivity index (χ3v) is 5.23. The predicted molar refractivity (Wildman–Crippen MR) is 119 cm³/mol. The molecule has 0 aliphatic carbocycles. The third-order valence-electron chi connectivity index (χ3n) is 5.23. The zero-order chi connectivity index (χ0) is 22.4. The molecule has 1 unspecified atom stereocenters. The van der Waals surface area contributed by atoms with Gasteiger partial charge in [0.1, 0.15) is 12.4 Å². The molecule has 1 aliphatic rings. The molecule has 2 heterocycles. The molecule has 0 bridgehead atoms. The summed E-state index contributed by atoms with van der Waals surface area (Å²) in [6.45, 7) is 6.80. The molecule has 1 aliphatic heterocycles. The molecule has 166 valence electrons. The van der Waals surface area contributed by atoms with Crippen molar-refractivity contribution in [2.75, 3.05) is 25.0 Å². The number of hydrogen-bond acceptors (Lipinski definition) is 6. The average molecular weight is 427 g/mol. The van der Waals surface area contributed by atoms with Crippen molar-refractivity contribution >= 4 is 17.6 Å². The molecule has 31 heavy (non-hydrogen) atoms. The summed E-state index contributed by atoms with van der Waals surface area (Å²) in [7, 11) is 0. The minimum absolute atomic E-state index is 0.0797. The van der Waals surface area contributed by atoms with Gasteiger partial charge in [0.15, 0.2) is 5.82 Å². The maximum Gasteiger partial charge on any atom is 0.293 e. The Morgan fingerprint density at radius 1 is 1.29 bits per heavy atom. The molecule has 1 saturated heterocycles. The summed E-state index contributed by atoms with van der Waals surface area (Å²) in [5.74, 6) is 0.324. The molecule has 2 aromatic rings. The molecule has 0 radical (unpaired) electrons. The summed E-state index contributed by atoms with van der Waals surface area (Å²) >= 11 is 0. The van der Waals surface area contributed by atoms with Gasteiger partial charge in [-0.25, -0.2) is 10.0 Å². The zero-order valence-electron chi connectivity index (χ0n) is 18.3. The van der Waals surface area contributed by atoms with Crippen molar-refractivity contribution in [1.82, 2.24) is 19.9 Å². The number of aryl methyl sites for hydroxylation is 2. The Bertz CT molecular complexity index is 978. The Kier molecular flexibility index (Phi) is 7.41. The molecule has 9 heteroatoms. The van der Waals surface area contributed by atoms with E-state index in [-0.39, 0.29) is 29.9 Å². The average Bonchev–Trinajstić information content (AvgIpc) is 2.74. The highest BCUT2D eigenvalue weighted by molar-refractivity contribution is 5.76. The number of hydrogen-bond donors (Lipinski definition) is 3. The van der Waals surface area contributed by atoms with E-state index in [1.54, 1.807) is 20.0 Å². The van der Waals surface area contributed by atoms with E-state index in [1.807, 2.05) is 6.92 Å². The minimum atomic E-state index is -0.315.